The molecule has 0 rings (SSSR count). The van der Waals surface area contributed by atoms with Crippen molar-refractivity contribution < 1.29 is 13.2 Å². The van der Waals surface area contributed by atoms with E-state index in [0.717, 1.165) is 0 Å². The molecule has 0 atom stereocenters. The van der Waals surface area contributed by atoms with Crippen molar-refractivity contribution in [2.45, 2.75) is 0 Å². The molecule has 0 nitrogen and oxygen atoms in total. The van der Waals surface area contributed by atoms with Gasteiger partial charge in [-0.05, 0) is 0 Å². The van der Waals surface area contributed by atoms with Crippen molar-refractivity contribution in [3.05, 3.63) is 10.6 Å². The zero-order chi connectivity index (χ0) is 5.15. The molecule has 0 spiro atoms. The predicted molar refractivity (Wildman–Crippen MR) is 16.1 cm³/mol. The van der Waals surface area contributed by atoms with Crippen molar-refractivity contribution in [3.8, 4) is 0 Å². The monoisotopic (exact) mass is 88.0 g/mol. The van der Waals surface area contributed by atoms with Gasteiger partial charge in [0.2, 0.25) is 0 Å². The molecule has 0 radical (unpaired) electrons. The van der Waals surface area contributed by atoms with Gasteiger partial charge in [-0.3, -0.25) is 0 Å². The van der Waals surface area contributed by atoms with Crippen LogP contribution >= 0.6 is 0 Å². The standard InChI is InChI=1S/C2F3.Li/c3-1-2(4)5;. The van der Waals surface area contributed by atoms with Gasteiger partial charge < -0.3 is 0 Å². The fourth-order valence-corrected chi connectivity index (χ4v) is 0. The van der Waals surface area contributed by atoms with Crippen molar-refractivity contribution >= 4 is 17.7 Å². The molecular weight excluding hydrogens is 88.0 g/mol. The molecule has 0 heterocycles. The molecule has 0 N–H and O–H groups in total. The first-order valence-corrected chi connectivity index (χ1v) is 1.32. The van der Waals surface area contributed by atoms with Gasteiger partial charge in [-0.1, -0.05) is 0 Å². The second-order valence-corrected chi connectivity index (χ2v) is 0.794. The van der Waals surface area contributed by atoms with Gasteiger partial charge in [0.1, 0.15) is 0 Å². The first-order valence-electron chi connectivity index (χ1n) is 1.32. The van der Waals surface area contributed by atoms with Crippen LogP contribution < -0.4 is 0 Å². The Morgan fingerprint density at radius 3 is 1.33 bits per heavy atom. The van der Waals surface area contributed by atoms with E-state index < -0.39 is 10.6 Å². The maximum atomic E-state index is 11.0. The SMILES string of the molecule is [Li][C](F)=C(F)F. The van der Waals surface area contributed by atoms with Crippen LogP contribution in [0.3, 0.4) is 0 Å². The molecular formula is C2F3Li. The molecule has 0 unspecified atom stereocenters. The van der Waals surface area contributed by atoms with E-state index in [4.69, 9.17) is 0 Å². The van der Waals surface area contributed by atoms with Gasteiger partial charge >= 0.3 is 41.5 Å². The molecule has 6 heavy (non-hydrogen) atoms. The third-order valence-corrected chi connectivity index (χ3v) is 0.260. The topological polar surface area (TPSA) is 0 Å². The van der Waals surface area contributed by atoms with Crippen molar-refractivity contribution in [2.75, 3.05) is 0 Å². The first-order chi connectivity index (χ1) is 2.64. The third kappa shape index (κ3) is 2.37. The summed E-state index contributed by atoms with van der Waals surface area (Å²) in [7, 11) is 0. The second-order valence-electron chi connectivity index (χ2n) is 0.794. The van der Waals surface area contributed by atoms with E-state index in [1.54, 1.807) is 0 Å². The minimum atomic E-state index is -2.24. The molecule has 0 amide bonds. The Kier molecular flexibility index (Phi) is 2.38. The Balaban J connectivity index is 3.68. The fraction of sp³-hybridized carbons (Fsp3) is 0. The van der Waals surface area contributed by atoms with Crippen LogP contribution in [0.1, 0.15) is 0 Å². The predicted octanol–water partition coefficient (Wildman–Crippen LogP) is 1.19. The molecule has 0 saturated heterocycles. The van der Waals surface area contributed by atoms with E-state index in [9.17, 15) is 13.2 Å². The van der Waals surface area contributed by atoms with Crippen LogP contribution in [0.5, 0.6) is 0 Å². The van der Waals surface area contributed by atoms with Crippen molar-refractivity contribution in [1.82, 2.24) is 0 Å². The van der Waals surface area contributed by atoms with Crippen LogP contribution in [-0.2, 0) is 0 Å². The summed E-state index contributed by atoms with van der Waals surface area (Å²) < 4.78 is 30.9. The molecule has 0 aliphatic carbocycles. The molecule has 4 heteroatoms. The van der Waals surface area contributed by atoms with Gasteiger partial charge in [0.15, 0.2) is 0 Å². The minimum absolute atomic E-state index is 0.704. The van der Waals surface area contributed by atoms with Crippen LogP contribution in [0, 0.1) is 0 Å². The molecule has 0 aliphatic heterocycles. The fourth-order valence-electron chi connectivity index (χ4n) is 0. The molecule has 0 aromatic rings. The Hall–Kier alpha value is 0.127. The number of halogens is 3. The molecule has 30 valence electrons. The van der Waals surface area contributed by atoms with Crippen LogP contribution in [0.4, 0.5) is 13.2 Å². The average Bonchev–Trinajstić information content (AvgIpc) is 1.36. The normalized spacial score (nSPS) is 8.17. The molecule has 0 aromatic carbocycles. The Labute approximate surface area is 42.2 Å². The van der Waals surface area contributed by atoms with Gasteiger partial charge in [0.05, 0.1) is 0 Å². The summed E-state index contributed by atoms with van der Waals surface area (Å²) in [4.78, 5) is 0. The van der Waals surface area contributed by atoms with E-state index in [2.05, 4.69) is 0 Å². The van der Waals surface area contributed by atoms with Gasteiger partial charge in [0.25, 0.3) is 0 Å². The summed E-state index contributed by atoms with van der Waals surface area (Å²) in [5, 5.41) is 0. The van der Waals surface area contributed by atoms with Gasteiger partial charge in [-0.25, -0.2) is 0 Å². The van der Waals surface area contributed by atoms with Gasteiger partial charge in [-0.15, -0.1) is 0 Å². The second kappa shape index (κ2) is 2.33. The molecule has 0 saturated carbocycles. The summed E-state index contributed by atoms with van der Waals surface area (Å²) in [5.74, 6) is 0. The molecule has 0 fully saturated rings. The third-order valence-electron chi connectivity index (χ3n) is 0.260. The van der Waals surface area contributed by atoms with Crippen LogP contribution in [-0.4, -0.2) is 17.7 Å². The summed E-state index contributed by atoms with van der Waals surface area (Å²) in [5.41, 5.74) is 0. The van der Waals surface area contributed by atoms with E-state index in [0.29, 0.717) is 17.7 Å². The quantitative estimate of drug-likeness (QED) is 0.390. The van der Waals surface area contributed by atoms with Crippen molar-refractivity contribution in [3.63, 3.8) is 0 Å². The Bertz CT molecular complexity index is 58.9. The molecule has 0 aliphatic rings. The Morgan fingerprint density at radius 2 is 1.33 bits per heavy atom. The zero-order valence-corrected chi connectivity index (χ0v) is 3.13. The first kappa shape index (κ1) is 6.13. The van der Waals surface area contributed by atoms with Crippen molar-refractivity contribution in [1.29, 1.82) is 0 Å². The van der Waals surface area contributed by atoms with E-state index in [1.807, 2.05) is 0 Å². The van der Waals surface area contributed by atoms with Crippen LogP contribution in [0.2, 0.25) is 0 Å². The maximum absolute atomic E-state index is 11.0. The van der Waals surface area contributed by atoms with Crippen LogP contribution in [0.25, 0.3) is 0 Å². The van der Waals surface area contributed by atoms with Gasteiger partial charge in [0, 0.05) is 0 Å². The van der Waals surface area contributed by atoms with Gasteiger partial charge in [-0.2, -0.15) is 0 Å². The molecule has 0 bridgehead atoms. The summed E-state index contributed by atoms with van der Waals surface area (Å²) in [6, 6.07) is 0. The zero-order valence-electron chi connectivity index (χ0n) is 3.13. The van der Waals surface area contributed by atoms with E-state index in [-0.39, 0.29) is 0 Å². The van der Waals surface area contributed by atoms with Crippen LogP contribution in [0.15, 0.2) is 10.6 Å². The van der Waals surface area contributed by atoms with E-state index in [1.165, 1.54) is 0 Å². The number of hydrogen-bond donors (Lipinski definition) is 0. The molecule has 0 aromatic heterocycles. The number of hydrogen-bond acceptors (Lipinski definition) is 0. The summed E-state index contributed by atoms with van der Waals surface area (Å²) in [6.45, 7) is 0. The summed E-state index contributed by atoms with van der Waals surface area (Å²) in [6.07, 6.45) is -2.24. The Morgan fingerprint density at radius 1 is 1.17 bits per heavy atom. The van der Waals surface area contributed by atoms with Crippen molar-refractivity contribution in [2.24, 2.45) is 0 Å². The average molecular weight is 88.0 g/mol. The van der Waals surface area contributed by atoms with E-state index >= 15 is 0 Å². The summed E-state index contributed by atoms with van der Waals surface area (Å²) >= 11 is 0.704. The number of rotatable bonds is 0.